The van der Waals surface area contributed by atoms with Gasteiger partial charge in [0.2, 0.25) is 12.7 Å². The fourth-order valence-corrected chi connectivity index (χ4v) is 2.79. The number of nitrogens with zero attached hydrogens (tertiary/aromatic N) is 2. The monoisotopic (exact) mass is 323 g/mol. The number of amides is 1. The van der Waals surface area contributed by atoms with E-state index in [-0.39, 0.29) is 12.7 Å². The Labute approximate surface area is 139 Å². The van der Waals surface area contributed by atoms with Crippen molar-refractivity contribution in [2.45, 2.75) is 13.0 Å². The first kappa shape index (κ1) is 14.6. The highest BCUT2D eigenvalue weighted by Gasteiger charge is 2.13. The van der Waals surface area contributed by atoms with Gasteiger partial charge in [0.15, 0.2) is 11.5 Å². The van der Waals surface area contributed by atoms with E-state index >= 15 is 0 Å². The Kier molecular flexibility index (Phi) is 3.57. The lowest BCUT2D eigenvalue weighted by Crippen LogP contribution is -2.24. The van der Waals surface area contributed by atoms with Gasteiger partial charge in [-0.1, -0.05) is 12.1 Å². The molecule has 0 saturated heterocycles. The summed E-state index contributed by atoms with van der Waals surface area (Å²) in [5.41, 5.74) is 3.88. The molecule has 24 heavy (non-hydrogen) atoms. The van der Waals surface area contributed by atoms with Crippen LogP contribution in [-0.2, 0) is 24.8 Å². The zero-order valence-electron chi connectivity index (χ0n) is 13.3. The number of rotatable bonds is 4. The van der Waals surface area contributed by atoms with Gasteiger partial charge in [-0.2, -0.15) is 0 Å². The van der Waals surface area contributed by atoms with Crippen LogP contribution in [0.25, 0.3) is 11.0 Å². The molecule has 2 aromatic carbocycles. The second kappa shape index (κ2) is 5.88. The third-order valence-corrected chi connectivity index (χ3v) is 4.08. The van der Waals surface area contributed by atoms with E-state index in [0.717, 1.165) is 33.7 Å². The summed E-state index contributed by atoms with van der Waals surface area (Å²) in [6, 6.07) is 11.6. The molecule has 1 N–H and O–H groups in total. The molecule has 0 radical (unpaired) electrons. The lowest BCUT2D eigenvalue weighted by molar-refractivity contribution is -0.120. The SMILES string of the molecule is Cn1cnc2cc(CC(=O)NCc3ccc4c(c3)OCO4)ccc21. The minimum Gasteiger partial charge on any atom is -0.454 e. The van der Waals surface area contributed by atoms with E-state index in [1.54, 1.807) is 6.33 Å². The third-order valence-electron chi connectivity index (χ3n) is 4.08. The standard InChI is InChI=1S/C18H17N3O3/c1-21-10-20-14-6-12(2-4-15(14)21)8-18(22)19-9-13-3-5-16-17(7-13)24-11-23-16/h2-7,10H,8-9,11H2,1H3,(H,19,22). The van der Waals surface area contributed by atoms with Gasteiger partial charge in [0.1, 0.15) is 0 Å². The Morgan fingerprint density at radius 3 is 2.92 bits per heavy atom. The van der Waals surface area contributed by atoms with Crippen LogP contribution < -0.4 is 14.8 Å². The van der Waals surface area contributed by atoms with E-state index in [1.807, 2.05) is 48.0 Å². The molecule has 0 unspecified atom stereocenters. The van der Waals surface area contributed by atoms with E-state index in [1.165, 1.54) is 0 Å². The molecule has 6 heteroatoms. The van der Waals surface area contributed by atoms with Crippen molar-refractivity contribution in [1.82, 2.24) is 14.9 Å². The summed E-state index contributed by atoms with van der Waals surface area (Å²) in [6.07, 6.45) is 2.10. The summed E-state index contributed by atoms with van der Waals surface area (Å²) < 4.78 is 12.6. The molecule has 0 aliphatic carbocycles. The van der Waals surface area contributed by atoms with Crippen molar-refractivity contribution in [3.63, 3.8) is 0 Å². The maximum Gasteiger partial charge on any atom is 0.231 e. The maximum absolute atomic E-state index is 12.2. The molecule has 122 valence electrons. The van der Waals surface area contributed by atoms with Crippen LogP contribution in [0.15, 0.2) is 42.7 Å². The fourth-order valence-electron chi connectivity index (χ4n) is 2.79. The molecule has 3 aromatic rings. The van der Waals surface area contributed by atoms with Crippen molar-refractivity contribution in [2.75, 3.05) is 6.79 Å². The van der Waals surface area contributed by atoms with Crippen LogP contribution in [0.4, 0.5) is 0 Å². The molecule has 6 nitrogen and oxygen atoms in total. The van der Waals surface area contributed by atoms with E-state index in [2.05, 4.69) is 10.3 Å². The zero-order valence-corrected chi connectivity index (χ0v) is 13.3. The van der Waals surface area contributed by atoms with Gasteiger partial charge >= 0.3 is 0 Å². The normalized spacial score (nSPS) is 12.5. The summed E-state index contributed by atoms with van der Waals surface area (Å²) >= 11 is 0. The predicted molar refractivity (Wildman–Crippen MR) is 88.8 cm³/mol. The number of aromatic nitrogens is 2. The lowest BCUT2D eigenvalue weighted by atomic mass is 10.1. The molecule has 1 amide bonds. The highest BCUT2D eigenvalue weighted by Crippen LogP contribution is 2.32. The first-order chi connectivity index (χ1) is 11.7. The fraction of sp³-hybridized carbons (Fsp3) is 0.222. The van der Waals surface area contributed by atoms with Gasteiger partial charge in [0, 0.05) is 13.6 Å². The number of hydrogen-bond donors (Lipinski definition) is 1. The number of carbonyl (C=O) groups excluding carboxylic acids is 1. The Morgan fingerprint density at radius 2 is 2.00 bits per heavy atom. The Balaban J connectivity index is 1.39. The van der Waals surface area contributed by atoms with Gasteiger partial charge in [-0.15, -0.1) is 0 Å². The predicted octanol–water partition coefficient (Wildman–Crippen LogP) is 2.16. The van der Waals surface area contributed by atoms with Crippen LogP contribution in [0.2, 0.25) is 0 Å². The number of nitrogens with one attached hydrogen (secondary N) is 1. The third kappa shape index (κ3) is 2.78. The minimum absolute atomic E-state index is 0.0250. The van der Waals surface area contributed by atoms with Crippen molar-refractivity contribution in [3.05, 3.63) is 53.9 Å². The average molecular weight is 323 g/mol. The molecule has 0 saturated carbocycles. The molecule has 1 aliphatic heterocycles. The number of carbonyl (C=O) groups is 1. The molecule has 0 spiro atoms. The number of benzene rings is 2. The summed E-state index contributed by atoms with van der Waals surface area (Å²) in [4.78, 5) is 16.5. The number of ether oxygens (including phenoxy) is 2. The van der Waals surface area contributed by atoms with Gasteiger partial charge in [-0.05, 0) is 35.4 Å². The smallest absolute Gasteiger partial charge is 0.231 e. The summed E-state index contributed by atoms with van der Waals surface area (Å²) in [7, 11) is 1.95. The minimum atomic E-state index is -0.0250. The molecular formula is C18H17N3O3. The highest BCUT2D eigenvalue weighted by atomic mass is 16.7. The van der Waals surface area contributed by atoms with Gasteiger partial charge in [0.25, 0.3) is 0 Å². The Bertz CT molecular complexity index is 917. The van der Waals surface area contributed by atoms with Gasteiger partial charge < -0.3 is 19.4 Å². The van der Waals surface area contributed by atoms with Crippen molar-refractivity contribution >= 4 is 16.9 Å². The van der Waals surface area contributed by atoms with Crippen LogP contribution in [0.3, 0.4) is 0 Å². The van der Waals surface area contributed by atoms with E-state index in [4.69, 9.17) is 9.47 Å². The quantitative estimate of drug-likeness (QED) is 0.799. The first-order valence-electron chi connectivity index (χ1n) is 7.74. The summed E-state index contributed by atoms with van der Waals surface area (Å²) in [6.45, 7) is 0.711. The topological polar surface area (TPSA) is 65.4 Å². The molecular weight excluding hydrogens is 306 g/mol. The van der Waals surface area contributed by atoms with Crippen LogP contribution in [0, 0.1) is 0 Å². The number of imidazole rings is 1. The number of fused-ring (bicyclic) bond motifs is 2. The van der Waals surface area contributed by atoms with Crippen LogP contribution in [0.1, 0.15) is 11.1 Å². The van der Waals surface area contributed by atoms with Gasteiger partial charge in [-0.25, -0.2) is 4.98 Å². The largest absolute Gasteiger partial charge is 0.454 e. The zero-order chi connectivity index (χ0) is 16.5. The van der Waals surface area contributed by atoms with Crippen molar-refractivity contribution in [1.29, 1.82) is 0 Å². The molecule has 4 rings (SSSR count). The van der Waals surface area contributed by atoms with E-state index in [9.17, 15) is 4.79 Å². The van der Waals surface area contributed by atoms with Crippen molar-refractivity contribution in [3.8, 4) is 11.5 Å². The Hall–Kier alpha value is -3.02. The number of aryl methyl sites for hydroxylation is 1. The molecule has 0 atom stereocenters. The maximum atomic E-state index is 12.2. The molecule has 1 aliphatic rings. The lowest BCUT2D eigenvalue weighted by Gasteiger charge is -2.07. The highest BCUT2D eigenvalue weighted by molar-refractivity contribution is 5.81. The second-order valence-corrected chi connectivity index (χ2v) is 5.82. The van der Waals surface area contributed by atoms with Crippen LogP contribution in [0.5, 0.6) is 11.5 Å². The van der Waals surface area contributed by atoms with Crippen molar-refractivity contribution in [2.24, 2.45) is 7.05 Å². The summed E-state index contributed by atoms with van der Waals surface area (Å²) in [5, 5.41) is 2.93. The van der Waals surface area contributed by atoms with E-state index in [0.29, 0.717) is 13.0 Å². The first-order valence-corrected chi connectivity index (χ1v) is 7.74. The summed E-state index contributed by atoms with van der Waals surface area (Å²) in [5.74, 6) is 1.44. The Morgan fingerprint density at radius 1 is 1.17 bits per heavy atom. The molecule has 2 heterocycles. The molecule has 1 aromatic heterocycles. The van der Waals surface area contributed by atoms with Gasteiger partial charge in [0.05, 0.1) is 23.8 Å². The molecule has 0 fully saturated rings. The van der Waals surface area contributed by atoms with E-state index < -0.39 is 0 Å². The average Bonchev–Trinajstić information content (AvgIpc) is 3.19. The second-order valence-electron chi connectivity index (χ2n) is 5.82. The molecule has 0 bridgehead atoms. The van der Waals surface area contributed by atoms with Crippen LogP contribution in [-0.4, -0.2) is 22.3 Å². The van der Waals surface area contributed by atoms with Gasteiger partial charge in [-0.3, -0.25) is 4.79 Å². The number of hydrogen-bond acceptors (Lipinski definition) is 4. The van der Waals surface area contributed by atoms with Crippen LogP contribution >= 0.6 is 0 Å². The van der Waals surface area contributed by atoms with Crippen molar-refractivity contribution < 1.29 is 14.3 Å².